The summed E-state index contributed by atoms with van der Waals surface area (Å²) >= 11 is 0. The van der Waals surface area contributed by atoms with Crippen LogP contribution in [0.3, 0.4) is 0 Å². The number of hydrogen-bond donors (Lipinski definition) is 0. The van der Waals surface area contributed by atoms with E-state index in [9.17, 15) is 18.0 Å². The molecule has 3 aliphatic heterocycles. The maximum absolute atomic E-state index is 13.2. The summed E-state index contributed by atoms with van der Waals surface area (Å²) in [5.41, 5.74) is 0.510. The Morgan fingerprint density at radius 3 is 2.61 bits per heavy atom. The molecule has 2 saturated heterocycles. The minimum absolute atomic E-state index is 0.0721. The van der Waals surface area contributed by atoms with Crippen LogP contribution >= 0.6 is 0 Å². The number of esters is 1. The van der Waals surface area contributed by atoms with E-state index >= 15 is 0 Å². The summed E-state index contributed by atoms with van der Waals surface area (Å²) in [5, 5.41) is 4.41. The van der Waals surface area contributed by atoms with Crippen molar-refractivity contribution in [3.8, 4) is 0 Å². The van der Waals surface area contributed by atoms with E-state index in [4.69, 9.17) is 9.47 Å². The van der Waals surface area contributed by atoms with Crippen molar-refractivity contribution in [2.24, 2.45) is 0 Å². The Hall–Kier alpha value is -2.34. The molecule has 1 aromatic rings. The van der Waals surface area contributed by atoms with E-state index in [1.165, 1.54) is 11.4 Å². The van der Waals surface area contributed by atoms with Crippen molar-refractivity contribution in [3.63, 3.8) is 0 Å². The average molecular weight is 484 g/mol. The van der Waals surface area contributed by atoms with Crippen molar-refractivity contribution in [3.05, 3.63) is 11.9 Å². The summed E-state index contributed by atoms with van der Waals surface area (Å²) in [6.45, 7) is 8.89. The van der Waals surface area contributed by atoms with Crippen LogP contribution in [-0.4, -0.2) is 89.7 Å². The lowest BCUT2D eigenvalue weighted by atomic mass is 10.1. The first kappa shape index (κ1) is 23.8. The maximum Gasteiger partial charge on any atom is 0.410 e. The molecule has 1 aromatic heterocycles. The minimum atomic E-state index is -3.61. The fourth-order valence-electron chi connectivity index (χ4n) is 4.91. The van der Waals surface area contributed by atoms with Crippen LogP contribution in [0.25, 0.3) is 0 Å². The molecule has 4 heterocycles. The predicted molar refractivity (Wildman–Crippen MR) is 120 cm³/mol. The van der Waals surface area contributed by atoms with Crippen LogP contribution in [-0.2, 0) is 37.4 Å². The Kier molecular flexibility index (Phi) is 6.10. The molecule has 4 rings (SSSR count). The topological polar surface area (TPSA) is 114 Å². The third kappa shape index (κ3) is 4.54. The summed E-state index contributed by atoms with van der Waals surface area (Å²) in [6.07, 6.45) is 2.60. The number of methoxy groups -OCH3 is 1. The summed E-state index contributed by atoms with van der Waals surface area (Å²) in [6, 6.07) is -0.880. The van der Waals surface area contributed by atoms with Gasteiger partial charge in [-0.3, -0.25) is 23.6 Å². The highest BCUT2D eigenvalue weighted by Crippen LogP contribution is 2.34. The molecule has 12 heteroatoms. The lowest BCUT2D eigenvalue weighted by Gasteiger charge is -2.36. The fourth-order valence-corrected chi connectivity index (χ4v) is 6.73. The van der Waals surface area contributed by atoms with Crippen LogP contribution in [0.1, 0.15) is 46.2 Å². The number of carbonyl (C=O) groups is 2. The Labute approximate surface area is 194 Å². The van der Waals surface area contributed by atoms with Crippen LogP contribution in [0, 0.1) is 0 Å². The van der Waals surface area contributed by atoms with Gasteiger partial charge in [0.2, 0.25) is 10.0 Å². The molecule has 1 unspecified atom stereocenters. The molecule has 2 fully saturated rings. The lowest BCUT2D eigenvalue weighted by Crippen LogP contribution is -2.47. The number of nitrogens with zero attached hydrogens (tertiary/aromatic N) is 5. The number of hydrogen-bond acceptors (Lipinski definition) is 8. The van der Waals surface area contributed by atoms with Gasteiger partial charge in [-0.25, -0.2) is 13.2 Å². The van der Waals surface area contributed by atoms with Crippen molar-refractivity contribution in [1.82, 2.24) is 19.6 Å². The second-order valence-electron chi connectivity index (χ2n) is 10.00. The fraction of sp³-hybridized carbons (Fsp3) is 0.762. The van der Waals surface area contributed by atoms with Crippen molar-refractivity contribution in [2.45, 2.75) is 77.4 Å². The molecular formula is C21H33N5O6S. The molecule has 11 nitrogen and oxygen atoms in total. The second kappa shape index (κ2) is 8.46. The van der Waals surface area contributed by atoms with Gasteiger partial charge in [0.05, 0.1) is 56.1 Å². The first-order chi connectivity index (χ1) is 15.4. The van der Waals surface area contributed by atoms with Crippen molar-refractivity contribution >= 4 is 27.8 Å². The molecule has 0 saturated carbocycles. The van der Waals surface area contributed by atoms with E-state index < -0.39 is 27.8 Å². The summed E-state index contributed by atoms with van der Waals surface area (Å²) in [5.74, 6) is -0.398. The van der Waals surface area contributed by atoms with E-state index in [2.05, 4.69) is 5.10 Å². The Balaban J connectivity index is 1.57. The molecule has 0 aliphatic carbocycles. The lowest BCUT2D eigenvalue weighted by molar-refractivity contribution is -0.146. The van der Waals surface area contributed by atoms with Gasteiger partial charge in [-0.05, 0) is 47.1 Å². The van der Waals surface area contributed by atoms with Crippen LogP contribution in [0.5, 0.6) is 0 Å². The highest BCUT2D eigenvalue weighted by atomic mass is 32.2. The number of anilines is 1. The van der Waals surface area contributed by atoms with Gasteiger partial charge in [0.1, 0.15) is 11.6 Å². The summed E-state index contributed by atoms with van der Waals surface area (Å²) in [4.78, 5) is 28.5. The number of ether oxygens (including phenoxy) is 2. The molecule has 1 amide bonds. The number of aromatic nitrogens is 2. The first-order valence-corrected chi connectivity index (χ1v) is 12.9. The molecule has 0 bridgehead atoms. The van der Waals surface area contributed by atoms with Crippen molar-refractivity contribution in [1.29, 1.82) is 0 Å². The number of likely N-dealkylation sites (tertiary alicyclic amines) is 1. The van der Waals surface area contributed by atoms with Gasteiger partial charge in [0.15, 0.2) is 0 Å². The Morgan fingerprint density at radius 1 is 1.21 bits per heavy atom. The number of rotatable bonds is 3. The number of amides is 1. The smallest absolute Gasteiger partial charge is 0.410 e. The van der Waals surface area contributed by atoms with Gasteiger partial charge in [-0.15, -0.1) is 0 Å². The molecule has 0 N–H and O–H groups in total. The van der Waals surface area contributed by atoms with Gasteiger partial charge >= 0.3 is 12.1 Å². The highest BCUT2D eigenvalue weighted by Gasteiger charge is 2.46. The van der Waals surface area contributed by atoms with Crippen LogP contribution in [0.4, 0.5) is 10.5 Å². The first-order valence-electron chi connectivity index (χ1n) is 11.3. The average Bonchev–Trinajstić information content (AvgIpc) is 3.41. The van der Waals surface area contributed by atoms with Gasteiger partial charge in [-0.1, -0.05) is 0 Å². The van der Waals surface area contributed by atoms with E-state index in [1.54, 1.807) is 15.8 Å². The largest absolute Gasteiger partial charge is 0.468 e. The normalized spacial score (nSPS) is 27.5. The van der Waals surface area contributed by atoms with Crippen LogP contribution in [0.15, 0.2) is 6.20 Å². The Morgan fingerprint density at radius 2 is 1.94 bits per heavy atom. The van der Waals surface area contributed by atoms with Gasteiger partial charge in [0, 0.05) is 6.04 Å². The van der Waals surface area contributed by atoms with Crippen LogP contribution < -0.4 is 4.31 Å². The van der Waals surface area contributed by atoms with E-state index in [1.807, 2.05) is 32.6 Å². The molecule has 3 aliphatic rings. The zero-order valence-corrected chi connectivity index (χ0v) is 20.7. The van der Waals surface area contributed by atoms with E-state index in [0.29, 0.717) is 30.9 Å². The SMILES string of the molecule is COC(=O)[C@@H]1CCCN1C1CN(c2cnn3c2CN(C(=O)OC(C)(C)C)[C@@H](C)C3)S(=O)(=O)C1. The number of fused-ring (bicyclic) bond motifs is 1. The van der Waals surface area contributed by atoms with Gasteiger partial charge in [0.25, 0.3) is 0 Å². The number of sulfonamides is 1. The van der Waals surface area contributed by atoms with E-state index in [0.717, 1.165) is 6.42 Å². The Bertz CT molecular complexity index is 1030. The zero-order chi connectivity index (χ0) is 24.1. The van der Waals surface area contributed by atoms with Crippen molar-refractivity contribution < 1.29 is 27.5 Å². The highest BCUT2D eigenvalue weighted by molar-refractivity contribution is 7.93. The van der Waals surface area contributed by atoms with Crippen LogP contribution in [0.2, 0.25) is 0 Å². The molecule has 184 valence electrons. The molecule has 3 atom stereocenters. The zero-order valence-electron chi connectivity index (χ0n) is 19.9. The summed E-state index contributed by atoms with van der Waals surface area (Å²) in [7, 11) is -2.26. The quantitative estimate of drug-likeness (QED) is 0.589. The minimum Gasteiger partial charge on any atom is -0.468 e. The molecule has 33 heavy (non-hydrogen) atoms. The molecule has 0 radical (unpaired) electrons. The second-order valence-corrected chi connectivity index (χ2v) is 11.9. The number of carbonyl (C=O) groups excluding carboxylic acids is 2. The van der Waals surface area contributed by atoms with E-state index in [-0.39, 0.29) is 36.9 Å². The summed E-state index contributed by atoms with van der Waals surface area (Å²) < 4.78 is 39.9. The maximum atomic E-state index is 13.2. The van der Waals surface area contributed by atoms with Crippen molar-refractivity contribution in [2.75, 3.05) is 30.3 Å². The monoisotopic (exact) mass is 483 g/mol. The third-order valence-electron chi connectivity index (χ3n) is 6.46. The van der Waals surface area contributed by atoms with Gasteiger partial charge in [-0.2, -0.15) is 5.10 Å². The molecular weight excluding hydrogens is 450 g/mol. The molecule has 0 spiro atoms. The standard InChI is InChI=1S/C21H33N5O6S/c1-14-10-25-18(12-24(14)20(28)32-21(2,3)4)17(9-22-25)26-11-15(13-33(26,29)30)23-8-6-7-16(23)19(27)31-5/h9,14-16H,6-8,10-13H2,1-5H3/t14-,15?,16-/m0/s1. The third-order valence-corrected chi connectivity index (χ3v) is 8.29. The molecule has 0 aromatic carbocycles. The van der Waals surface area contributed by atoms with Gasteiger partial charge < -0.3 is 9.47 Å². The predicted octanol–water partition coefficient (Wildman–Crippen LogP) is 1.18.